The second kappa shape index (κ2) is 7.31. The molecule has 0 unspecified atom stereocenters. The Morgan fingerprint density at radius 3 is 2.67 bits per heavy atom. The van der Waals surface area contributed by atoms with Gasteiger partial charge in [-0.3, -0.25) is 9.48 Å². The first-order chi connectivity index (χ1) is 13.1. The number of amides is 1. The molecule has 3 N–H and O–H groups in total. The average Bonchev–Trinajstić information content (AvgIpc) is 3.62. The molecule has 2 atom stereocenters. The molecule has 7 heteroatoms. The number of methoxy groups -OCH3 is 1. The minimum absolute atomic E-state index is 0.0707. The van der Waals surface area contributed by atoms with E-state index in [2.05, 4.69) is 15.4 Å². The van der Waals surface area contributed by atoms with Crippen LogP contribution in [0.4, 0.5) is 5.69 Å². The van der Waals surface area contributed by atoms with Crippen molar-refractivity contribution in [1.82, 2.24) is 14.8 Å². The smallest absolute Gasteiger partial charge is 0.241 e. The molecule has 0 aliphatic heterocycles. The lowest BCUT2D eigenvalue weighted by atomic mass is 9.89. The first-order valence-electron chi connectivity index (χ1n) is 9.68. The fraction of sp³-hybridized carbons (Fsp3) is 0.550. The zero-order valence-corrected chi connectivity index (χ0v) is 15.8. The fourth-order valence-electron chi connectivity index (χ4n) is 3.98. The van der Waals surface area contributed by atoms with Crippen LogP contribution in [0.2, 0.25) is 0 Å². The third-order valence-corrected chi connectivity index (χ3v) is 5.76. The molecule has 27 heavy (non-hydrogen) atoms. The highest BCUT2D eigenvalue weighted by molar-refractivity contribution is 5.94. The van der Waals surface area contributed by atoms with Gasteiger partial charge < -0.3 is 15.8 Å². The summed E-state index contributed by atoms with van der Waals surface area (Å²) in [5.41, 5.74) is 7.92. The number of carbonyl (C=O) groups excluding carboxylic acids is 1. The third-order valence-electron chi connectivity index (χ3n) is 5.76. The van der Waals surface area contributed by atoms with Gasteiger partial charge >= 0.3 is 0 Å². The summed E-state index contributed by atoms with van der Waals surface area (Å²) in [6, 6.07) is 3.32. The number of rotatable bonds is 8. The molecule has 2 saturated carbocycles. The van der Waals surface area contributed by atoms with E-state index in [1.807, 2.05) is 25.3 Å². The Hall–Kier alpha value is -2.41. The van der Waals surface area contributed by atoms with E-state index < -0.39 is 6.04 Å². The second-order valence-corrected chi connectivity index (χ2v) is 7.75. The van der Waals surface area contributed by atoms with Crippen LogP contribution in [0.25, 0.3) is 0 Å². The summed E-state index contributed by atoms with van der Waals surface area (Å²) < 4.78 is 7.13. The molecule has 2 aromatic rings. The molecule has 0 bridgehead atoms. The van der Waals surface area contributed by atoms with E-state index >= 15 is 0 Å². The van der Waals surface area contributed by atoms with Crippen molar-refractivity contribution in [3.05, 3.63) is 36.3 Å². The maximum absolute atomic E-state index is 12.7. The number of ether oxygens (including phenoxy) is 1. The number of carbonyl (C=O) groups is 1. The van der Waals surface area contributed by atoms with Gasteiger partial charge in [-0.15, -0.1) is 0 Å². The molecule has 0 saturated heterocycles. The van der Waals surface area contributed by atoms with Gasteiger partial charge in [0.1, 0.15) is 0 Å². The zero-order chi connectivity index (χ0) is 19.0. The number of nitrogens with one attached hydrogen (secondary N) is 1. The first-order valence-corrected chi connectivity index (χ1v) is 9.68. The lowest BCUT2D eigenvalue weighted by Crippen LogP contribution is -2.43. The van der Waals surface area contributed by atoms with Crippen molar-refractivity contribution in [2.45, 2.75) is 44.7 Å². The van der Waals surface area contributed by atoms with Crippen LogP contribution in [0.5, 0.6) is 5.88 Å². The molecule has 0 radical (unpaired) electrons. The van der Waals surface area contributed by atoms with E-state index in [9.17, 15) is 4.79 Å². The van der Waals surface area contributed by atoms with Crippen molar-refractivity contribution in [3.8, 4) is 5.88 Å². The topological polar surface area (TPSA) is 95.1 Å². The van der Waals surface area contributed by atoms with Crippen molar-refractivity contribution >= 4 is 11.6 Å². The second-order valence-electron chi connectivity index (χ2n) is 7.75. The standard InChI is InChI=1S/C20H27N5O2/c1-12(16-4-3-9-22-20(16)27-2)25-11-15(10-23-25)24-19(26)18(21)17(13-5-6-13)14-7-8-14/h3-4,9-14,17-18H,5-8,21H2,1-2H3,(H,24,26)/t12-,18-/m0/s1. The van der Waals surface area contributed by atoms with E-state index in [0.717, 1.165) is 5.56 Å². The summed E-state index contributed by atoms with van der Waals surface area (Å²) in [6.07, 6.45) is 10.0. The normalized spacial score (nSPS) is 19.0. The Bertz CT molecular complexity index is 800. The highest BCUT2D eigenvalue weighted by Crippen LogP contribution is 2.50. The zero-order valence-electron chi connectivity index (χ0n) is 15.8. The summed E-state index contributed by atoms with van der Waals surface area (Å²) >= 11 is 0. The minimum atomic E-state index is -0.441. The minimum Gasteiger partial charge on any atom is -0.481 e. The molecule has 4 rings (SSSR count). The largest absolute Gasteiger partial charge is 0.481 e. The molecular weight excluding hydrogens is 342 g/mol. The van der Waals surface area contributed by atoms with E-state index in [1.54, 1.807) is 24.2 Å². The van der Waals surface area contributed by atoms with Crippen molar-refractivity contribution < 1.29 is 9.53 Å². The van der Waals surface area contributed by atoms with Crippen molar-refractivity contribution in [2.75, 3.05) is 12.4 Å². The molecule has 7 nitrogen and oxygen atoms in total. The van der Waals surface area contributed by atoms with Crippen LogP contribution in [0, 0.1) is 17.8 Å². The number of pyridine rings is 1. The van der Waals surface area contributed by atoms with E-state index in [0.29, 0.717) is 29.3 Å². The Morgan fingerprint density at radius 1 is 1.33 bits per heavy atom. The van der Waals surface area contributed by atoms with Gasteiger partial charge in [0.25, 0.3) is 0 Å². The monoisotopic (exact) mass is 369 g/mol. The predicted molar refractivity (Wildman–Crippen MR) is 102 cm³/mol. The number of nitrogens with two attached hydrogens (primary N) is 1. The number of hydrogen-bond donors (Lipinski definition) is 2. The van der Waals surface area contributed by atoms with Gasteiger partial charge in [-0.25, -0.2) is 4.98 Å². The summed E-state index contributed by atoms with van der Waals surface area (Å²) in [5.74, 6) is 2.08. The molecule has 0 aromatic carbocycles. The van der Waals surface area contributed by atoms with Crippen LogP contribution < -0.4 is 15.8 Å². The van der Waals surface area contributed by atoms with Gasteiger partial charge in [-0.1, -0.05) is 0 Å². The maximum atomic E-state index is 12.7. The van der Waals surface area contributed by atoms with Crippen LogP contribution in [0.15, 0.2) is 30.7 Å². The molecule has 2 aliphatic rings. The van der Waals surface area contributed by atoms with Crippen LogP contribution in [-0.2, 0) is 4.79 Å². The Morgan fingerprint density at radius 2 is 2.04 bits per heavy atom. The van der Waals surface area contributed by atoms with Gasteiger partial charge in [0.05, 0.1) is 31.1 Å². The SMILES string of the molecule is COc1ncccc1[C@H](C)n1cc(NC(=O)[C@@H](N)C(C2CC2)C2CC2)cn1. The van der Waals surface area contributed by atoms with Gasteiger partial charge in [0, 0.05) is 18.0 Å². The quantitative estimate of drug-likeness (QED) is 0.746. The molecule has 2 aliphatic carbocycles. The number of aromatic nitrogens is 3. The fourth-order valence-corrected chi connectivity index (χ4v) is 3.98. The highest BCUT2D eigenvalue weighted by Gasteiger charge is 2.46. The Balaban J connectivity index is 1.43. The summed E-state index contributed by atoms with van der Waals surface area (Å²) in [6.45, 7) is 2.01. The van der Waals surface area contributed by atoms with Crippen LogP contribution in [0.1, 0.15) is 44.2 Å². The molecule has 0 spiro atoms. The number of anilines is 1. The summed E-state index contributed by atoms with van der Waals surface area (Å²) in [5, 5.41) is 7.35. The van der Waals surface area contributed by atoms with Gasteiger partial charge in [-0.05, 0) is 62.5 Å². The van der Waals surface area contributed by atoms with Crippen LogP contribution >= 0.6 is 0 Å². The number of nitrogens with zero attached hydrogens (tertiary/aromatic N) is 3. The van der Waals surface area contributed by atoms with Gasteiger partial charge in [0.2, 0.25) is 11.8 Å². The highest BCUT2D eigenvalue weighted by atomic mass is 16.5. The van der Waals surface area contributed by atoms with E-state index in [4.69, 9.17) is 10.5 Å². The van der Waals surface area contributed by atoms with Crippen molar-refractivity contribution in [2.24, 2.45) is 23.5 Å². The summed E-state index contributed by atoms with van der Waals surface area (Å²) in [7, 11) is 1.60. The van der Waals surface area contributed by atoms with E-state index in [-0.39, 0.29) is 11.9 Å². The Kier molecular flexibility index (Phi) is 4.86. The lowest BCUT2D eigenvalue weighted by Gasteiger charge is -2.22. The van der Waals surface area contributed by atoms with Gasteiger partial charge in [0.15, 0.2) is 0 Å². The predicted octanol–water partition coefficient (Wildman–Crippen LogP) is 2.60. The molecular formula is C20H27N5O2. The molecule has 2 fully saturated rings. The first kappa shape index (κ1) is 18.0. The molecule has 2 aromatic heterocycles. The molecule has 1 amide bonds. The lowest BCUT2D eigenvalue weighted by molar-refractivity contribution is -0.118. The van der Waals surface area contributed by atoms with E-state index in [1.165, 1.54) is 25.7 Å². The third kappa shape index (κ3) is 3.83. The Labute approximate surface area is 159 Å². The van der Waals surface area contributed by atoms with Crippen LogP contribution in [0.3, 0.4) is 0 Å². The number of hydrogen-bond acceptors (Lipinski definition) is 5. The molecule has 2 heterocycles. The average molecular weight is 369 g/mol. The molecule has 144 valence electrons. The van der Waals surface area contributed by atoms with Gasteiger partial charge in [-0.2, -0.15) is 5.10 Å². The van der Waals surface area contributed by atoms with Crippen molar-refractivity contribution in [3.63, 3.8) is 0 Å². The van der Waals surface area contributed by atoms with Crippen LogP contribution in [-0.4, -0.2) is 33.8 Å². The van der Waals surface area contributed by atoms with Crippen molar-refractivity contribution in [1.29, 1.82) is 0 Å². The maximum Gasteiger partial charge on any atom is 0.241 e. The summed E-state index contributed by atoms with van der Waals surface area (Å²) in [4.78, 5) is 16.9.